The molecule has 3 atom stereocenters. The highest BCUT2D eigenvalue weighted by Gasteiger charge is 2.34. The monoisotopic (exact) mass is 449 g/mol. The number of carbonyl (C=O) groups excluding carboxylic acids is 1. The Morgan fingerprint density at radius 3 is 2.67 bits per heavy atom. The van der Waals surface area contributed by atoms with Crippen LogP contribution >= 0.6 is 0 Å². The number of likely N-dealkylation sites (N-methyl/N-ethyl adjacent to an activating group) is 1. The highest BCUT2D eigenvalue weighted by atomic mass is 16.5. The summed E-state index contributed by atoms with van der Waals surface area (Å²) in [7, 11) is 2.07. The molecule has 1 aliphatic rings. The number of ether oxygens (including phenoxy) is 1. The zero-order valence-electron chi connectivity index (χ0n) is 20.3. The topological polar surface area (TPSA) is 65.9 Å². The van der Waals surface area contributed by atoms with Gasteiger partial charge in [-0.2, -0.15) is 0 Å². The van der Waals surface area contributed by atoms with Crippen molar-refractivity contribution in [1.82, 2.24) is 14.8 Å². The average Bonchev–Trinajstić information content (AvgIpc) is 2.80. The molecule has 1 amide bonds. The molecule has 2 aromatic rings. The molecule has 1 N–H and O–H groups in total. The van der Waals surface area contributed by atoms with Crippen molar-refractivity contribution >= 4 is 5.91 Å². The molecule has 1 aliphatic heterocycles. The normalized spacial score (nSPS) is 19.3. The van der Waals surface area contributed by atoms with E-state index in [1.54, 1.807) is 17.2 Å². The van der Waals surface area contributed by atoms with E-state index in [-0.39, 0.29) is 36.5 Å². The Morgan fingerprint density at radius 1 is 1.27 bits per heavy atom. The molecule has 0 saturated carbocycles. The minimum atomic E-state index is -0.306. The van der Waals surface area contributed by atoms with Crippen LogP contribution in [0, 0.1) is 23.7 Å². The SMILES string of the molecule is CC(C)C#Cc1cnc2c(c1)C(=O)N([C@H](C)CO)C[C@H](C)[C@@H](CN(C)Cc1ccccc1)O2. The maximum absolute atomic E-state index is 13.4. The lowest BCUT2D eigenvalue weighted by Gasteiger charge is -2.37. The predicted molar refractivity (Wildman–Crippen MR) is 130 cm³/mol. The number of aromatic nitrogens is 1. The first-order valence-corrected chi connectivity index (χ1v) is 11.6. The fourth-order valence-electron chi connectivity index (χ4n) is 3.88. The van der Waals surface area contributed by atoms with Crippen molar-refractivity contribution in [3.63, 3.8) is 0 Å². The van der Waals surface area contributed by atoms with Crippen LogP contribution in [-0.2, 0) is 6.54 Å². The summed E-state index contributed by atoms with van der Waals surface area (Å²) in [6.07, 6.45) is 1.50. The second kappa shape index (κ2) is 11.3. The minimum absolute atomic E-state index is 0.0523. The molecule has 2 heterocycles. The minimum Gasteiger partial charge on any atom is -0.472 e. The van der Waals surface area contributed by atoms with Gasteiger partial charge in [0.1, 0.15) is 11.7 Å². The zero-order valence-corrected chi connectivity index (χ0v) is 20.3. The van der Waals surface area contributed by atoms with E-state index >= 15 is 0 Å². The molecule has 6 nitrogen and oxygen atoms in total. The Bertz CT molecular complexity index is 997. The third-order valence-corrected chi connectivity index (χ3v) is 5.81. The number of rotatable bonds is 6. The van der Waals surface area contributed by atoms with Gasteiger partial charge in [0.2, 0.25) is 5.88 Å². The lowest BCUT2D eigenvalue weighted by atomic mass is 9.99. The molecule has 0 unspecified atom stereocenters. The summed E-state index contributed by atoms with van der Waals surface area (Å²) >= 11 is 0. The molecule has 33 heavy (non-hydrogen) atoms. The molecule has 0 radical (unpaired) electrons. The van der Waals surface area contributed by atoms with E-state index in [9.17, 15) is 9.90 Å². The largest absolute Gasteiger partial charge is 0.472 e. The Balaban J connectivity index is 1.91. The molecule has 0 fully saturated rings. The first-order valence-electron chi connectivity index (χ1n) is 11.6. The second-order valence-corrected chi connectivity index (χ2v) is 9.31. The molecule has 1 aromatic heterocycles. The van der Waals surface area contributed by atoms with Gasteiger partial charge in [0.05, 0.1) is 12.6 Å². The molecule has 0 spiro atoms. The maximum atomic E-state index is 13.4. The van der Waals surface area contributed by atoms with Crippen LogP contribution in [0.5, 0.6) is 5.88 Å². The summed E-state index contributed by atoms with van der Waals surface area (Å²) in [5, 5.41) is 9.81. The van der Waals surface area contributed by atoms with Gasteiger partial charge in [0, 0.05) is 43.2 Å². The van der Waals surface area contributed by atoms with Gasteiger partial charge in [-0.05, 0) is 25.6 Å². The number of carbonyl (C=O) groups is 1. The van der Waals surface area contributed by atoms with E-state index in [1.807, 2.05) is 39.0 Å². The summed E-state index contributed by atoms with van der Waals surface area (Å²) in [6.45, 7) is 9.85. The van der Waals surface area contributed by atoms with Crippen molar-refractivity contribution in [3.05, 3.63) is 59.3 Å². The van der Waals surface area contributed by atoms with Gasteiger partial charge in [-0.15, -0.1) is 0 Å². The number of fused-ring (bicyclic) bond motifs is 1. The van der Waals surface area contributed by atoms with Crippen LogP contribution in [0.1, 0.15) is 49.2 Å². The number of hydrogen-bond donors (Lipinski definition) is 1. The summed E-state index contributed by atoms with van der Waals surface area (Å²) < 4.78 is 6.36. The third kappa shape index (κ3) is 6.56. The number of aliphatic hydroxyl groups excluding tert-OH is 1. The van der Waals surface area contributed by atoms with Crippen molar-refractivity contribution in [2.45, 2.75) is 46.4 Å². The predicted octanol–water partition coefficient (Wildman–Crippen LogP) is 3.44. The first kappa shape index (κ1) is 24.8. The molecule has 0 bridgehead atoms. The van der Waals surface area contributed by atoms with E-state index in [2.05, 4.69) is 47.8 Å². The summed E-state index contributed by atoms with van der Waals surface area (Å²) in [5.74, 6) is 6.62. The molecule has 0 saturated heterocycles. The average molecular weight is 450 g/mol. The summed E-state index contributed by atoms with van der Waals surface area (Å²) in [6, 6.07) is 11.8. The third-order valence-electron chi connectivity index (χ3n) is 5.81. The smallest absolute Gasteiger partial charge is 0.259 e. The van der Waals surface area contributed by atoms with Crippen molar-refractivity contribution < 1.29 is 14.6 Å². The molecule has 0 aliphatic carbocycles. The van der Waals surface area contributed by atoms with Gasteiger partial charge in [-0.1, -0.05) is 62.9 Å². The lowest BCUT2D eigenvalue weighted by Crippen LogP contribution is -2.49. The van der Waals surface area contributed by atoms with Gasteiger partial charge in [0.15, 0.2) is 0 Å². The van der Waals surface area contributed by atoms with Crippen LogP contribution in [0.15, 0.2) is 42.6 Å². The van der Waals surface area contributed by atoms with Crippen molar-refractivity contribution in [2.24, 2.45) is 11.8 Å². The molecule has 3 rings (SSSR count). The van der Waals surface area contributed by atoms with E-state index < -0.39 is 0 Å². The van der Waals surface area contributed by atoms with Gasteiger partial charge < -0.3 is 14.7 Å². The Hall–Kier alpha value is -2.88. The van der Waals surface area contributed by atoms with Crippen molar-refractivity contribution in [1.29, 1.82) is 0 Å². The van der Waals surface area contributed by atoms with Gasteiger partial charge in [-0.25, -0.2) is 4.98 Å². The highest BCUT2D eigenvalue weighted by Crippen LogP contribution is 2.27. The van der Waals surface area contributed by atoms with E-state index in [4.69, 9.17) is 4.74 Å². The van der Waals surface area contributed by atoms with Gasteiger partial charge in [-0.3, -0.25) is 9.69 Å². The molecule has 6 heteroatoms. The standard InChI is InChI=1S/C27H35N3O3/c1-19(2)11-12-23-13-24-26(28-14-23)33-25(17-29(5)16-22-9-7-6-8-10-22)20(3)15-30(27(24)32)21(4)18-31/h6-10,13-14,19-21,25,31H,15-18H2,1-5H3/t20-,21+,25+/m0/s1. The maximum Gasteiger partial charge on any atom is 0.259 e. The van der Waals surface area contributed by atoms with Gasteiger partial charge >= 0.3 is 0 Å². The Kier molecular flexibility index (Phi) is 8.49. The van der Waals surface area contributed by atoms with E-state index in [1.165, 1.54) is 5.56 Å². The van der Waals surface area contributed by atoms with Crippen LogP contribution < -0.4 is 4.74 Å². The number of benzene rings is 1. The number of hydrogen-bond acceptors (Lipinski definition) is 5. The van der Waals surface area contributed by atoms with Crippen LogP contribution in [0.4, 0.5) is 0 Å². The zero-order chi connectivity index (χ0) is 24.0. The number of nitrogens with zero attached hydrogens (tertiary/aromatic N) is 3. The van der Waals surface area contributed by atoms with Crippen LogP contribution in [0.2, 0.25) is 0 Å². The van der Waals surface area contributed by atoms with Crippen molar-refractivity contribution in [2.75, 3.05) is 26.7 Å². The number of pyridine rings is 1. The van der Waals surface area contributed by atoms with Crippen LogP contribution in [0.25, 0.3) is 0 Å². The summed E-state index contributed by atoms with van der Waals surface area (Å²) in [4.78, 5) is 21.9. The quantitative estimate of drug-likeness (QED) is 0.685. The number of aliphatic hydroxyl groups is 1. The molecule has 176 valence electrons. The molecule has 1 aromatic carbocycles. The van der Waals surface area contributed by atoms with Gasteiger partial charge in [0.25, 0.3) is 5.91 Å². The fraction of sp³-hybridized carbons (Fsp3) is 0.481. The van der Waals surface area contributed by atoms with E-state index in [0.29, 0.717) is 30.1 Å². The molecular formula is C27H35N3O3. The lowest BCUT2D eigenvalue weighted by molar-refractivity contribution is 0.0325. The number of amides is 1. The molecular weight excluding hydrogens is 414 g/mol. The summed E-state index contributed by atoms with van der Waals surface area (Å²) in [5.41, 5.74) is 2.31. The van der Waals surface area contributed by atoms with E-state index in [0.717, 1.165) is 6.54 Å². The van der Waals surface area contributed by atoms with Crippen LogP contribution in [-0.4, -0.2) is 64.7 Å². The van der Waals surface area contributed by atoms with Crippen LogP contribution in [0.3, 0.4) is 0 Å². The fourth-order valence-corrected chi connectivity index (χ4v) is 3.88. The first-order chi connectivity index (χ1) is 15.8. The Labute approximate surface area is 197 Å². The Morgan fingerprint density at radius 2 is 2.00 bits per heavy atom. The second-order valence-electron chi connectivity index (χ2n) is 9.31. The van der Waals surface area contributed by atoms with Crippen molar-refractivity contribution in [3.8, 4) is 17.7 Å². The highest BCUT2D eigenvalue weighted by molar-refractivity contribution is 5.97.